The van der Waals surface area contributed by atoms with E-state index in [1.165, 1.54) is 5.56 Å². The normalized spacial score (nSPS) is 12.3. The van der Waals surface area contributed by atoms with E-state index in [9.17, 15) is 5.11 Å². The summed E-state index contributed by atoms with van der Waals surface area (Å²) in [6.45, 7) is 16.7. The summed E-state index contributed by atoms with van der Waals surface area (Å²) in [6, 6.07) is 4.24. The van der Waals surface area contributed by atoms with Crippen LogP contribution < -0.4 is 0 Å². The smallest absolute Gasteiger partial charge is 0.123 e. The van der Waals surface area contributed by atoms with E-state index < -0.39 is 0 Å². The van der Waals surface area contributed by atoms with E-state index >= 15 is 0 Å². The highest BCUT2D eigenvalue weighted by atomic mass is 16.5. The molecule has 0 spiro atoms. The molecule has 0 saturated carbocycles. The van der Waals surface area contributed by atoms with Crippen molar-refractivity contribution in [3.8, 4) is 5.75 Å². The Morgan fingerprint density at radius 2 is 1.48 bits per heavy atom. The summed E-state index contributed by atoms with van der Waals surface area (Å²) in [5.74, 6) is 1.22. The maximum atomic E-state index is 10.7. The zero-order valence-electron chi connectivity index (χ0n) is 14.6. The Morgan fingerprint density at radius 1 is 1.05 bits per heavy atom. The second-order valence-corrected chi connectivity index (χ2v) is 7.78. The fourth-order valence-electron chi connectivity index (χ4n) is 2.37. The molecule has 0 aliphatic heterocycles. The van der Waals surface area contributed by atoms with Crippen LogP contribution in [0.1, 0.15) is 64.7 Å². The predicted molar refractivity (Wildman–Crippen MR) is 90.0 cm³/mol. The molecular weight excluding hydrogens is 260 g/mol. The Hall–Kier alpha value is -1.44. The number of phenolic OH excluding ortho intramolecular Hbond substituents is 1. The molecule has 1 rings (SSSR count). The first kappa shape index (κ1) is 17.6. The lowest BCUT2D eigenvalue weighted by atomic mass is 9.78. The minimum Gasteiger partial charge on any atom is -0.507 e. The molecule has 2 heteroatoms. The van der Waals surface area contributed by atoms with Crippen molar-refractivity contribution in [3.63, 3.8) is 0 Å². The van der Waals surface area contributed by atoms with Crippen molar-refractivity contribution in [3.05, 3.63) is 41.2 Å². The highest BCUT2D eigenvalue weighted by molar-refractivity contribution is 5.50. The van der Waals surface area contributed by atoms with Gasteiger partial charge in [-0.25, -0.2) is 0 Å². The van der Waals surface area contributed by atoms with Crippen LogP contribution in [0.2, 0.25) is 0 Å². The van der Waals surface area contributed by atoms with E-state index in [2.05, 4.69) is 60.3 Å². The van der Waals surface area contributed by atoms with Crippen molar-refractivity contribution in [1.82, 2.24) is 0 Å². The van der Waals surface area contributed by atoms with Gasteiger partial charge in [-0.15, -0.1) is 0 Å². The minimum absolute atomic E-state index is 0.0850. The van der Waals surface area contributed by atoms with Crippen molar-refractivity contribution >= 4 is 0 Å². The first-order valence-corrected chi connectivity index (χ1v) is 7.55. The minimum atomic E-state index is -0.0850. The van der Waals surface area contributed by atoms with Crippen LogP contribution in [0, 0.1) is 0 Å². The zero-order chi connectivity index (χ0) is 16.4. The summed E-state index contributed by atoms with van der Waals surface area (Å²) in [5, 5.41) is 10.7. The maximum Gasteiger partial charge on any atom is 0.123 e. The maximum absolute atomic E-state index is 10.7. The summed E-state index contributed by atoms with van der Waals surface area (Å²) < 4.78 is 5.15. The van der Waals surface area contributed by atoms with E-state index in [1.807, 2.05) is 0 Å². The van der Waals surface area contributed by atoms with E-state index in [4.69, 9.17) is 4.74 Å². The molecule has 0 aromatic heterocycles. The summed E-state index contributed by atoms with van der Waals surface area (Å²) in [7, 11) is 1.65. The Bertz CT molecular complexity index is 478. The average molecular weight is 290 g/mol. The summed E-state index contributed by atoms with van der Waals surface area (Å²) in [5.41, 5.74) is 3.07. The topological polar surface area (TPSA) is 29.5 Å². The number of methoxy groups -OCH3 is 1. The molecule has 0 amide bonds. The molecular formula is C19H30O2. The Kier molecular flexibility index (Phi) is 5.14. The second kappa shape index (κ2) is 6.13. The van der Waals surface area contributed by atoms with Gasteiger partial charge in [-0.3, -0.25) is 0 Å². The fraction of sp³-hybridized carbons (Fsp3) is 0.579. The third-order valence-electron chi connectivity index (χ3n) is 3.77. The third-order valence-corrected chi connectivity index (χ3v) is 3.77. The van der Waals surface area contributed by atoms with Crippen LogP contribution in [0.5, 0.6) is 5.75 Å². The summed E-state index contributed by atoms with van der Waals surface area (Å²) in [4.78, 5) is 0. The SMILES string of the molecule is C=C(CCc1cc(C(C)(C)C)c(O)c(C(C)(C)C)c1)OC. The quantitative estimate of drug-likeness (QED) is 0.784. The molecule has 0 bridgehead atoms. The van der Waals surface area contributed by atoms with Crippen molar-refractivity contribution < 1.29 is 9.84 Å². The number of hydrogen-bond donors (Lipinski definition) is 1. The van der Waals surface area contributed by atoms with E-state index in [0.717, 1.165) is 29.7 Å². The molecule has 1 aromatic rings. The van der Waals surface area contributed by atoms with E-state index in [1.54, 1.807) is 7.11 Å². The fourth-order valence-corrected chi connectivity index (χ4v) is 2.37. The molecule has 1 N–H and O–H groups in total. The van der Waals surface area contributed by atoms with Gasteiger partial charge >= 0.3 is 0 Å². The highest BCUT2D eigenvalue weighted by Gasteiger charge is 2.26. The van der Waals surface area contributed by atoms with Crippen molar-refractivity contribution in [2.75, 3.05) is 7.11 Å². The highest BCUT2D eigenvalue weighted by Crippen LogP contribution is 2.40. The number of rotatable bonds is 4. The van der Waals surface area contributed by atoms with Gasteiger partial charge < -0.3 is 9.84 Å². The largest absolute Gasteiger partial charge is 0.507 e. The van der Waals surface area contributed by atoms with Gasteiger partial charge in [0.2, 0.25) is 0 Å². The van der Waals surface area contributed by atoms with Crippen LogP contribution in [0.3, 0.4) is 0 Å². The number of benzene rings is 1. The van der Waals surface area contributed by atoms with Crippen LogP contribution in [-0.2, 0) is 22.0 Å². The van der Waals surface area contributed by atoms with Gasteiger partial charge in [0.05, 0.1) is 12.9 Å². The first-order valence-electron chi connectivity index (χ1n) is 7.55. The average Bonchev–Trinajstić information content (AvgIpc) is 2.34. The Balaban J connectivity index is 3.31. The van der Waals surface area contributed by atoms with Gasteiger partial charge in [0.15, 0.2) is 0 Å². The van der Waals surface area contributed by atoms with Gasteiger partial charge in [-0.2, -0.15) is 0 Å². The number of phenols is 1. The Morgan fingerprint density at radius 3 is 1.81 bits per heavy atom. The van der Waals surface area contributed by atoms with E-state index in [-0.39, 0.29) is 10.8 Å². The van der Waals surface area contributed by atoms with Gasteiger partial charge in [0.25, 0.3) is 0 Å². The second-order valence-electron chi connectivity index (χ2n) is 7.78. The number of allylic oxidation sites excluding steroid dienone is 1. The lowest BCUT2D eigenvalue weighted by molar-refractivity contribution is 0.279. The zero-order valence-corrected chi connectivity index (χ0v) is 14.6. The molecule has 0 atom stereocenters. The molecule has 0 saturated heterocycles. The molecule has 0 fully saturated rings. The van der Waals surface area contributed by atoms with Crippen LogP contribution in [-0.4, -0.2) is 12.2 Å². The molecule has 2 nitrogen and oxygen atoms in total. The van der Waals surface area contributed by atoms with Gasteiger partial charge in [-0.05, 0) is 33.9 Å². The number of hydrogen-bond acceptors (Lipinski definition) is 2. The molecule has 0 unspecified atom stereocenters. The summed E-state index contributed by atoms with van der Waals surface area (Å²) in [6.07, 6.45) is 1.67. The molecule has 0 aliphatic rings. The van der Waals surface area contributed by atoms with Crippen LogP contribution in [0.15, 0.2) is 24.5 Å². The van der Waals surface area contributed by atoms with Gasteiger partial charge in [0.1, 0.15) is 5.75 Å². The van der Waals surface area contributed by atoms with E-state index in [0.29, 0.717) is 5.75 Å². The van der Waals surface area contributed by atoms with Crippen LogP contribution >= 0.6 is 0 Å². The standard InChI is InChI=1S/C19H30O2/c1-13(21-8)9-10-14-11-15(18(2,3)4)17(20)16(12-14)19(5,6)7/h11-12,20H,1,9-10H2,2-8H3. The lowest BCUT2D eigenvalue weighted by Gasteiger charge is -2.28. The Labute approximate surface area is 129 Å². The predicted octanol–water partition coefficient (Wildman–Crippen LogP) is 5.08. The van der Waals surface area contributed by atoms with Crippen molar-refractivity contribution in [2.24, 2.45) is 0 Å². The number of aromatic hydroxyl groups is 1. The van der Waals surface area contributed by atoms with Gasteiger partial charge in [0, 0.05) is 6.42 Å². The molecule has 118 valence electrons. The molecule has 21 heavy (non-hydrogen) atoms. The molecule has 0 heterocycles. The van der Waals surface area contributed by atoms with Gasteiger partial charge in [-0.1, -0.05) is 60.3 Å². The number of ether oxygens (including phenoxy) is 1. The molecule has 0 radical (unpaired) electrons. The lowest BCUT2D eigenvalue weighted by Crippen LogP contribution is -2.18. The third kappa shape index (κ3) is 4.52. The van der Waals surface area contributed by atoms with Crippen LogP contribution in [0.25, 0.3) is 0 Å². The van der Waals surface area contributed by atoms with Crippen molar-refractivity contribution in [1.29, 1.82) is 0 Å². The monoisotopic (exact) mass is 290 g/mol. The molecule has 1 aromatic carbocycles. The van der Waals surface area contributed by atoms with Crippen LogP contribution in [0.4, 0.5) is 0 Å². The first-order chi connectivity index (χ1) is 9.46. The summed E-state index contributed by atoms with van der Waals surface area (Å²) >= 11 is 0. The number of aryl methyl sites for hydroxylation is 1. The van der Waals surface area contributed by atoms with Crippen molar-refractivity contribution in [2.45, 2.75) is 65.2 Å². The molecule has 0 aliphatic carbocycles.